The average molecular weight is 555 g/mol. The third kappa shape index (κ3) is 23.4. The van der Waals surface area contributed by atoms with Gasteiger partial charge in [-0.3, -0.25) is 4.79 Å². The molecule has 0 aromatic carbocycles. The summed E-state index contributed by atoms with van der Waals surface area (Å²) in [6, 6.07) is 0. The summed E-state index contributed by atoms with van der Waals surface area (Å²) >= 11 is 2.00. The van der Waals surface area contributed by atoms with Crippen molar-refractivity contribution in [3.8, 4) is 0 Å². The van der Waals surface area contributed by atoms with Gasteiger partial charge in [0.2, 0.25) is 5.91 Å². The summed E-state index contributed by atoms with van der Waals surface area (Å²) in [6.07, 6.45) is 4.26. The van der Waals surface area contributed by atoms with Gasteiger partial charge in [-0.25, -0.2) is 4.79 Å². The Balaban J connectivity index is -0.00000316. The Kier molecular flexibility index (Phi) is 25.2. The van der Waals surface area contributed by atoms with Crippen molar-refractivity contribution in [1.29, 1.82) is 0 Å². The average Bonchev–Trinajstić information content (AvgIpc) is 2.89. The highest BCUT2D eigenvalue weighted by atomic mass is 32.2. The van der Waals surface area contributed by atoms with Crippen LogP contribution in [0.4, 0.5) is 4.79 Å². The van der Waals surface area contributed by atoms with Crippen LogP contribution in [0.15, 0.2) is 0 Å². The highest BCUT2D eigenvalue weighted by Gasteiger charge is 2.23. The first-order valence-corrected chi connectivity index (χ1v) is 14.7. The molecule has 11 heteroatoms. The first kappa shape index (κ1) is 35.6. The van der Waals surface area contributed by atoms with E-state index >= 15 is 0 Å². The number of nitrogens with one attached hydrogen (secondary N) is 2. The van der Waals surface area contributed by atoms with E-state index in [1.807, 2.05) is 25.6 Å². The topological polar surface area (TPSA) is 121 Å². The van der Waals surface area contributed by atoms with E-state index in [0.29, 0.717) is 71.2 Å². The normalized spacial score (nSPS) is 16.9. The summed E-state index contributed by atoms with van der Waals surface area (Å²) in [4.78, 5) is 34.1. The highest BCUT2D eigenvalue weighted by molar-refractivity contribution is 7.99. The molecule has 0 aliphatic heterocycles. The largest absolute Gasteiger partial charge is 0.446 e. The Labute approximate surface area is 230 Å². The molecule has 2 N–H and O–H groups in total. The van der Waals surface area contributed by atoms with Crippen molar-refractivity contribution in [3.05, 3.63) is 0 Å². The van der Waals surface area contributed by atoms with Gasteiger partial charge >= 0.3 is 6.09 Å². The molecule has 2 amide bonds. The third-order valence-electron chi connectivity index (χ3n) is 5.20. The number of amides is 2. The SMILES string of the molecule is CC.CCSC1CCC(OC(=O)NCCOCCOCCOCCOCCNC(=O)CCC(C)=O)CC1.[HH].[HH]. The van der Waals surface area contributed by atoms with Crippen LogP contribution < -0.4 is 10.6 Å². The molecule has 0 atom stereocenters. The van der Waals surface area contributed by atoms with E-state index in [4.69, 9.17) is 23.7 Å². The second-order valence-electron chi connectivity index (χ2n) is 8.19. The van der Waals surface area contributed by atoms with E-state index in [9.17, 15) is 14.4 Å². The molecule has 1 aliphatic rings. The minimum absolute atomic E-state index is 0. The Morgan fingerprint density at radius 2 is 1.24 bits per heavy atom. The predicted octanol–water partition coefficient (Wildman–Crippen LogP) is 3.85. The van der Waals surface area contributed by atoms with Crippen molar-refractivity contribution in [2.45, 2.75) is 77.6 Å². The molecule has 0 saturated heterocycles. The molecule has 0 aromatic rings. The van der Waals surface area contributed by atoms with Gasteiger partial charge in [-0.05, 0) is 38.4 Å². The van der Waals surface area contributed by atoms with Crippen molar-refractivity contribution in [2.75, 3.05) is 71.7 Å². The maximum atomic E-state index is 11.9. The number of hydrogen-bond acceptors (Lipinski definition) is 9. The fourth-order valence-corrected chi connectivity index (χ4v) is 4.45. The summed E-state index contributed by atoms with van der Waals surface area (Å²) in [5.74, 6) is 1.00. The van der Waals surface area contributed by atoms with Gasteiger partial charge in [-0.2, -0.15) is 11.8 Å². The molecule has 0 heterocycles. The lowest BCUT2D eigenvalue weighted by molar-refractivity contribution is -0.124. The maximum absolute atomic E-state index is 11.9. The standard InChI is InChI=1S/C24H44N2O8S.C2H6.2H2/c1-3-35-22-7-5-21(6-8-22)34-24(29)26-11-13-31-15-17-33-19-18-32-16-14-30-12-10-25-23(28)9-4-20(2)27;1-2;;/h21-22H,3-19H2,1-2H3,(H,25,28)(H,26,29);1-2H3;2*1H. The molecule has 10 nitrogen and oxygen atoms in total. The molecular weight excluding hydrogens is 500 g/mol. The first-order valence-electron chi connectivity index (χ1n) is 13.6. The fraction of sp³-hybridized carbons (Fsp3) is 0.885. The smallest absolute Gasteiger partial charge is 0.407 e. The van der Waals surface area contributed by atoms with E-state index in [1.54, 1.807) is 0 Å². The number of hydrogen-bond donors (Lipinski definition) is 2. The Morgan fingerprint density at radius 3 is 1.73 bits per heavy atom. The van der Waals surface area contributed by atoms with Crippen LogP contribution in [-0.4, -0.2) is 101 Å². The number of thioether (sulfide) groups is 1. The fourth-order valence-electron chi connectivity index (χ4n) is 3.37. The second kappa shape index (κ2) is 26.2. The highest BCUT2D eigenvalue weighted by Crippen LogP contribution is 2.29. The van der Waals surface area contributed by atoms with E-state index in [-0.39, 0.29) is 39.6 Å². The van der Waals surface area contributed by atoms with E-state index in [1.165, 1.54) is 6.92 Å². The van der Waals surface area contributed by atoms with Gasteiger partial charge in [-0.15, -0.1) is 0 Å². The van der Waals surface area contributed by atoms with Gasteiger partial charge in [0.1, 0.15) is 11.9 Å². The van der Waals surface area contributed by atoms with Crippen LogP contribution >= 0.6 is 11.8 Å². The summed E-state index contributed by atoms with van der Waals surface area (Å²) in [5.41, 5.74) is 0. The number of ketones is 1. The molecule has 0 radical (unpaired) electrons. The number of ether oxygens (including phenoxy) is 5. The molecule has 0 bridgehead atoms. The minimum atomic E-state index is -0.369. The van der Waals surface area contributed by atoms with Crippen molar-refractivity contribution in [2.24, 2.45) is 0 Å². The van der Waals surface area contributed by atoms with E-state index in [0.717, 1.165) is 31.4 Å². The number of carbonyl (C=O) groups is 3. The van der Waals surface area contributed by atoms with Crippen LogP contribution in [0.1, 0.15) is 69.1 Å². The van der Waals surface area contributed by atoms with Gasteiger partial charge in [0.25, 0.3) is 0 Å². The van der Waals surface area contributed by atoms with Gasteiger partial charge in [0.15, 0.2) is 0 Å². The summed E-state index contributed by atoms with van der Waals surface area (Å²) in [5, 5.41) is 6.13. The molecule has 222 valence electrons. The van der Waals surface area contributed by atoms with Crippen LogP contribution in [-0.2, 0) is 33.3 Å². The zero-order valence-electron chi connectivity index (χ0n) is 23.3. The Bertz CT molecular complexity index is 586. The molecule has 1 rings (SSSR count). The van der Waals surface area contributed by atoms with Crippen LogP contribution in [0.25, 0.3) is 0 Å². The van der Waals surface area contributed by atoms with Crippen molar-refractivity contribution in [1.82, 2.24) is 10.6 Å². The number of Topliss-reactive ketones (excluding diaryl/α,β-unsaturated/α-hetero) is 1. The van der Waals surface area contributed by atoms with E-state index < -0.39 is 0 Å². The summed E-state index contributed by atoms with van der Waals surface area (Å²) < 4.78 is 27.1. The number of alkyl carbamates (subject to hydrolysis) is 1. The molecule has 1 fully saturated rings. The predicted molar refractivity (Wildman–Crippen MR) is 150 cm³/mol. The first-order chi connectivity index (χ1) is 18.0. The van der Waals surface area contributed by atoms with Gasteiger partial charge < -0.3 is 39.1 Å². The van der Waals surface area contributed by atoms with Crippen LogP contribution in [0, 0.1) is 0 Å². The van der Waals surface area contributed by atoms with Crippen molar-refractivity contribution >= 4 is 29.5 Å². The second-order valence-corrected chi connectivity index (χ2v) is 9.76. The molecule has 1 aliphatic carbocycles. The number of rotatable bonds is 21. The van der Waals surface area contributed by atoms with Crippen molar-refractivity contribution < 1.29 is 40.9 Å². The Morgan fingerprint density at radius 1 is 0.757 bits per heavy atom. The molecule has 0 unspecified atom stereocenters. The minimum Gasteiger partial charge on any atom is -0.446 e. The van der Waals surface area contributed by atoms with Gasteiger partial charge in [0, 0.05) is 34.0 Å². The monoisotopic (exact) mass is 554 g/mol. The van der Waals surface area contributed by atoms with Gasteiger partial charge in [0.05, 0.1) is 52.9 Å². The van der Waals surface area contributed by atoms with Crippen molar-refractivity contribution in [3.63, 3.8) is 0 Å². The molecular formula is C26H54N2O8S. The zero-order chi connectivity index (χ0) is 27.6. The quantitative estimate of drug-likeness (QED) is 0.204. The number of carbonyl (C=O) groups excluding carboxylic acids is 3. The molecule has 0 spiro atoms. The van der Waals surface area contributed by atoms with E-state index in [2.05, 4.69) is 17.6 Å². The van der Waals surface area contributed by atoms with Crippen LogP contribution in [0.5, 0.6) is 0 Å². The Hall–Kier alpha value is -1.40. The lowest BCUT2D eigenvalue weighted by Crippen LogP contribution is -2.33. The molecule has 37 heavy (non-hydrogen) atoms. The summed E-state index contributed by atoms with van der Waals surface area (Å²) in [7, 11) is 0. The molecule has 0 aromatic heterocycles. The lowest BCUT2D eigenvalue weighted by Gasteiger charge is -2.27. The molecule has 1 saturated carbocycles. The van der Waals surface area contributed by atoms with Gasteiger partial charge in [-0.1, -0.05) is 20.8 Å². The van der Waals surface area contributed by atoms with Crippen LogP contribution in [0.2, 0.25) is 0 Å². The third-order valence-corrected chi connectivity index (χ3v) is 6.48. The summed E-state index contributed by atoms with van der Waals surface area (Å²) in [6.45, 7) is 12.0. The van der Waals surface area contributed by atoms with Crippen LogP contribution in [0.3, 0.4) is 0 Å². The maximum Gasteiger partial charge on any atom is 0.407 e. The lowest BCUT2D eigenvalue weighted by atomic mass is 9.97. The zero-order valence-corrected chi connectivity index (χ0v) is 24.2.